The molecule has 5 heteroatoms. The number of hydrogen-bond donors (Lipinski definition) is 1. The fourth-order valence-corrected chi connectivity index (χ4v) is 3.75. The van der Waals surface area contributed by atoms with Gasteiger partial charge in [0.2, 0.25) is 0 Å². The van der Waals surface area contributed by atoms with Gasteiger partial charge in [-0.3, -0.25) is 14.6 Å². The van der Waals surface area contributed by atoms with Crippen molar-refractivity contribution < 1.29 is 14.3 Å². The highest BCUT2D eigenvalue weighted by Gasteiger charge is 2.44. The molecule has 0 spiro atoms. The van der Waals surface area contributed by atoms with Gasteiger partial charge in [-0.05, 0) is 49.8 Å². The van der Waals surface area contributed by atoms with Gasteiger partial charge in [0.05, 0.1) is 6.61 Å². The average molecular weight is 302 g/mol. The lowest BCUT2D eigenvalue weighted by Crippen LogP contribution is -2.55. The van der Waals surface area contributed by atoms with E-state index in [1.165, 1.54) is 5.56 Å². The smallest absolute Gasteiger partial charge is 0.317 e. The van der Waals surface area contributed by atoms with Gasteiger partial charge < -0.3 is 10.1 Å². The number of hydrogen-bond acceptors (Lipinski definition) is 5. The Morgan fingerprint density at radius 3 is 2.86 bits per heavy atom. The van der Waals surface area contributed by atoms with E-state index in [0.717, 1.165) is 19.3 Å². The number of nitrogens with zero attached hydrogens (tertiary/aromatic N) is 1. The molecule has 1 aliphatic carbocycles. The van der Waals surface area contributed by atoms with Crippen molar-refractivity contribution in [2.24, 2.45) is 11.8 Å². The number of carbonyl (C=O) groups is 2. The molecule has 4 unspecified atom stereocenters. The van der Waals surface area contributed by atoms with Crippen LogP contribution in [-0.4, -0.2) is 35.9 Å². The molecule has 4 atom stereocenters. The highest BCUT2D eigenvalue weighted by molar-refractivity contribution is 6.01. The van der Waals surface area contributed by atoms with Crippen LogP contribution in [0.5, 0.6) is 0 Å². The lowest BCUT2D eigenvalue weighted by atomic mass is 9.70. The number of nitrogens with one attached hydrogen (secondary N) is 1. The molecule has 0 aromatic carbocycles. The second kappa shape index (κ2) is 6.57. The van der Waals surface area contributed by atoms with Crippen LogP contribution in [0.1, 0.15) is 37.7 Å². The molecule has 1 aliphatic heterocycles. The lowest BCUT2D eigenvalue weighted by molar-refractivity contribution is -0.154. The Labute approximate surface area is 130 Å². The van der Waals surface area contributed by atoms with Crippen molar-refractivity contribution in [3.8, 4) is 0 Å². The first kappa shape index (κ1) is 15.2. The van der Waals surface area contributed by atoms with Gasteiger partial charge in [-0.1, -0.05) is 0 Å². The zero-order valence-electron chi connectivity index (χ0n) is 12.8. The van der Waals surface area contributed by atoms with Crippen molar-refractivity contribution in [3.05, 3.63) is 30.1 Å². The number of piperidine rings is 1. The van der Waals surface area contributed by atoms with Crippen molar-refractivity contribution in [1.82, 2.24) is 10.3 Å². The standard InChI is InChI=1S/C17H22N2O3/c1-2-22-17(21)14-10-19-15-9-12(3-4-13(15)16(14)20)11-5-7-18-8-6-11/h5-8,12-15,19H,2-4,9-10H2,1H3. The van der Waals surface area contributed by atoms with Gasteiger partial charge in [-0.15, -0.1) is 0 Å². The molecule has 118 valence electrons. The van der Waals surface area contributed by atoms with Crippen molar-refractivity contribution in [1.29, 1.82) is 0 Å². The first-order valence-corrected chi connectivity index (χ1v) is 8.04. The van der Waals surface area contributed by atoms with E-state index in [9.17, 15) is 9.59 Å². The summed E-state index contributed by atoms with van der Waals surface area (Å²) in [6.07, 6.45) is 6.39. The minimum Gasteiger partial charge on any atom is -0.465 e. The zero-order chi connectivity index (χ0) is 15.5. The molecule has 2 aliphatic rings. The highest BCUT2D eigenvalue weighted by atomic mass is 16.5. The molecule has 0 radical (unpaired) electrons. The fourth-order valence-electron chi connectivity index (χ4n) is 3.75. The van der Waals surface area contributed by atoms with Crippen LogP contribution in [0, 0.1) is 11.8 Å². The van der Waals surface area contributed by atoms with Crippen LogP contribution >= 0.6 is 0 Å². The quantitative estimate of drug-likeness (QED) is 0.680. The summed E-state index contributed by atoms with van der Waals surface area (Å²) in [7, 11) is 0. The van der Waals surface area contributed by atoms with Gasteiger partial charge in [0.15, 0.2) is 5.78 Å². The monoisotopic (exact) mass is 302 g/mol. The normalized spacial score (nSPS) is 31.4. The van der Waals surface area contributed by atoms with E-state index >= 15 is 0 Å². The third kappa shape index (κ3) is 2.90. The van der Waals surface area contributed by atoms with Gasteiger partial charge in [0.25, 0.3) is 0 Å². The molecule has 3 rings (SSSR count). The van der Waals surface area contributed by atoms with E-state index in [1.807, 2.05) is 12.4 Å². The van der Waals surface area contributed by atoms with Crippen molar-refractivity contribution >= 4 is 11.8 Å². The molecule has 2 fully saturated rings. The molecule has 5 nitrogen and oxygen atoms in total. The summed E-state index contributed by atoms with van der Waals surface area (Å²) < 4.78 is 5.02. The summed E-state index contributed by atoms with van der Waals surface area (Å²) in [4.78, 5) is 28.5. The van der Waals surface area contributed by atoms with Crippen LogP contribution in [0.15, 0.2) is 24.5 Å². The molecule has 0 amide bonds. The Morgan fingerprint density at radius 1 is 1.36 bits per heavy atom. The Kier molecular flexibility index (Phi) is 4.52. The van der Waals surface area contributed by atoms with Crippen LogP contribution < -0.4 is 5.32 Å². The minimum absolute atomic E-state index is 0.0544. The molecule has 1 N–H and O–H groups in total. The minimum atomic E-state index is -0.626. The molecule has 0 bridgehead atoms. The number of carbonyl (C=O) groups excluding carboxylic acids is 2. The maximum Gasteiger partial charge on any atom is 0.317 e. The number of ether oxygens (including phenoxy) is 1. The topological polar surface area (TPSA) is 68.3 Å². The van der Waals surface area contributed by atoms with Crippen molar-refractivity contribution in [3.63, 3.8) is 0 Å². The summed E-state index contributed by atoms with van der Waals surface area (Å²) in [5, 5.41) is 3.40. The van der Waals surface area contributed by atoms with Crippen LogP contribution in [0.2, 0.25) is 0 Å². The predicted octanol–water partition coefficient (Wildman–Crippen LogP) is 1.69. The first-order valence-electron chi connectivity index (χ1n) is 8.04. The highest BCUT2D eigenvalue weighted by Crippen LogP contribution is 2.38. The van der Waals surface area contributed by atoms with E-state index < -0.39 is 5.92 Å². The van der Waals surface area contributed by atoms with Gasteiger partial charge in [-0.2, -0.15) is 0 Å². The van der Waals surface area contributed by atoms with Gasteiger partial charge in [0.1, 0.15) is 5.92 Å². The summed E-state index contributed by atoms with van der Waals surface area (Å²) in [6.45, 7) is 2.49. The van der Waals surface area contributed by atoms with E-state index in [2.05, 4.69) is 22.4 Å². The molecule has 1 saturated heterocycles. The van der Waals surface area contributed by atoms with E-state index in [-0.39, 0.29) is 23.7 Å². The third-order valence-corrected chi connectivity index (χ3v) is 4.89. The number of ketones is 1. The van der Waals surface area contributed by atoms with Crippen LogP contribution in [-0.2, 0) is 14.3 Å². The number of Topliss-reactive ketones (excluding diaryl/α,β-unsaturated/α-hetero) is 1. The maximum absolute atomic E-state index is 12.6. The van der Waals surface area contributed by atoms with Crippen LogP contribution in [0.25, 0.3) is 0 Å². The largest absolute Gasteiger partial charge is 0.465 e. The summed E-state index contributed by atoms with van der Waals surface area (Å²) >= 11 is 0. The van der Waals surface area contributed by atoms with Crippen LogP contribution in [0.4, 0.5) is 0 Å². The lowest BCUT2D eigenvalue weighted by Gasteiger charge is -2.41. The maximum atomic E-state index is 12.6. The first-order chi connectivity index (χ1) is 10.7. The average Bonchev–Trinajstić information content (AvgIpc) is 2.56. The number of esters is 1. The molecule has 1 aromatic rings. The predicted molar refractivity (Wildman–Crippen MR) is 81.2 cm³/mol. The Hall–Kier alpha value is -1.75. The molecular weight excluding hydrogens is 280 g/mol. The van der Waals surface area contributed by atoms with E-state index in [4.69, 9.17) is 4.74 Å². The SMILES string of the molecule is CCOC(=O)C1CNC2CC(c3ccncc3)CCC2C1=O. The van der Waals surface area contributed by atoms with Gasteiger partial charge >= 0.3 is 5.97 Å². The van der Waals surface area contributed by atoms with Gasteiger partial charge in [0, 0.05) is 30.9 Å². The summed E-state index contributed by atoms with van der Waals surface area (Å²) in [5.41, 5.74) is 1.29. The van der Waals surface area contributed by atoms with E-state index in [1.54, 1.807) is 6.92 Å². The third-order valence-electron chi connectivity index (χ3n) is 4.89. The Bertz CT molecular complexity index is 546. The molecular formula is C17H22N2O3. The van der Waals surface area contributed by atoms with Crippen LogP contribution in [0.3, 0.4) is 0 Å². The van der Waals surface area contributed by atoms with Gasteiger partial charge in [-0.25, -0.2) is 0 Å². The van der Waals surface area contributed by atoms with Crippen molar-refractivity contribution in [2.45, 2.75) is 38.1 Å². The zero-order valence-corrected chi connectivity index (χ0v) is 12.8. The second-order valence-electron chi connectivity index (χ2n) is 6.12. The molecule has 22 heavy (non-hydrogen) atoms. The molecule has 1 aromatic heterocycles. The Balaban J connectivity index is 1.67. The summed E-state index contributed by atoms with van der Waals surface area (Å²) in [6, 6.07) is 4.28. The number of pyridine rings is 1. The Morgan fingerprint density at radius 2 is 2.14 bits per heavy atom. The number of rotatable bonds is 3. The fraction of sp³-hybridized carbons (Fsp3) is 0.588. The van der Waals surface area contributed by atoms with Crippen molar-refractivity contribution in [2.75, 3.05) is 13.2 Å². The number of aromatic nitrogens is 1. The molecule has 2 heterocycles. The molecule has 1 saturated carbocycles. The van der Waals surface area contributed by atoms with E-state index in [0.29, 0.717) is 19.1 Å². The number of fused-ring (bicyclic) bond motifs is 1. The summed E-state index contributed by atoms with van der Waals surface area (Å²) in [5.74, 6) is -0.534. The second-order valence-corrected chi connectivity index (χ2v) is 6.12.